The van der Waals surface area contributed by atoms with Gasteiger partial charge in [-0.05, 0) is 23.8 Å². The van der Waals surface area contributed by atoms with E-state index in [1.165, 1.54) is 10.9 Å². The summed E-state index contributed by atoms with van der Waals surface area (Å²) in [4.78, 5) is 0. The molecule has 0 saturated heterocycles. The van der Waals surface area contributed by atoms with E-state index in [0.29, 0.717) is 0 Å². The highest BCUT2D eigenvalue weighted by atomic mass is 127. The van der Waals surface area contributed by atoms with Crippen LogP contribution in [0.1, 0.15) is 5.56 Å². The maximum atomic E-state index is 5.21. The van der Waals surface area contributed by atoms with E-state index >= 15 is 0 Å². The van der Waals surface area contributed by atoms with Gasteiger partial charge >= 0.3 is 0 Å². The Morgan fingerprint density at radius 3 is 3.00 bits per heavy atom. The molecule has 0 saturated carbocycles. The minimum atomic E-state index is 0.971. The van der Waals surface area contributed by atoms with Crippen molar-refractivity contribution in [2.75, 3.05) is 0 Å². The van der Waals surface area contributed by atoms with E-state index in [9.17, 15) is 0 Å². The summed E-state index contributed by atoms with van der Waals surface area (Å²) in [6, 6.07) is 8.26. The second kappa shape index (κ2) is 2.85. The van der Waals surface area contributed by atoms with E-state index in [0.717, 1.165) is 10.0 Å². The van der Waals surface area contributed by atoms with Gasteiger partial charge in [0.1, 0.15) is 5.58 Å². The van der Waals surface area contributed by atoms with Crippen molar-refractivity contribution in [2.45, 2.75) is 4.43 Å². The number of fused-ring (bicyclic) bond motifs is 1. The highest BCUT2D eigenvalue weighted by Crippen LogP contribution is 2.18. The molecule has 1 aromatic heterocycles. The Balaban J connectivity index is 2.67. The Morgan fingerprint density at radius 2 is 2.18 bits per heavy atom. The number of hydrogen-bond acceptors (Lipinski definition) is 1. The molecular weight excluding hydrogens is 251 g/mol. The van der Waals surface area contributed by atoms with Gasteiger partial charge in [-0.25, -0.2) is 0 Å². The van der Waals surface area contributed by atoms with Crippen LogP contribution in [0.3, 0.4) is 0 Å². The molecule has 0 bridgehead atoms. The zero-order valence-corrected chi connectivity index (χ0v) is 8.04. The molecule has 1 aromatic carbocycles. The Hall–Kier alpha value is -0.510. The van der Waals surface area contributed by atoms with Crippen LogP contribution in [0.2, 0.25) is 0 Å². The SMILES string of the molecule is ICc1ccc2occc2c1. The average molecular weight is 258 g/mol. The first-order valence-corrected chi connectivity index (χ1v) is 4.95. The fraction of sp³-hybridized carbons (Fsp3) is 0.111. The van der Waals surface area contributed by atoms with E-state index in [1.807, 2.05) is 12.1 Å². The second-order valence-corrected chi connectivity index (χ2v) is 3.19. The molecule has 0 atom stereocenters. The van der Waals surface area contributed by atoms with Gasteiger partial charge in [-0.3, -0.25) is 0 Å². The van der Waals surface area contributed by atoms with E-state index in [2.05, 4.69) is 34.7 Å². The normalized spacial score (nSPS) is 10.6. The van der Waals surface area contributed by atoms with Gasteiger partial charge < -0.3 is 4.42 Å². The lowest BCUT2D eigenvalue weighted by Crippen LogP contribution is -1.73. The molecule has 0 aliphatic carbocycles. The van der Waals surface area contributed by atoms with Crippen LogP contribution in [0, 0.1) is 0 Å². The van der Waals surface area contributed by atoms with Crippen LogP contribution in [0.4, 0.5) is 0 Å². The number of benzene rings is 1. The Kier molecular flexibility index (Phi) is 1.85. The van der Waals surface area contributed by atoms with Crippen LogP contribution in [-0.2, 0) is 4.43 Å². The maximum absolute atomic E-state index is 5.21. The smallest absolute Gasteiger partial charge is 0.133 e. The van der Waals surface area contributed by atoms with Crippen molar-refractivity contribution in [1.29, 1.82) is 0 Å². The third-order valence-corrected chi connectivity index (χ3v) is 2.55. The maximum Gasteiger partial charge on any atom is 0.133 e. The zero-order valence-electron chi connectivity index (χ0n) is 5.88. The van der Waals surface area contributed by atoms with Crippen LogP contribution in [0.25, 0.3) is 11.0 Å². The van der Waals surface area contributed by atoms with Crippen LogP contribution >= 0.6 is 22.6 Å². The number of furan rings is 1. The minimum Gasteiger partial charge on any atom is -0.464 e. The van der Waals surface area contributed by atoms with E-state index in [-0.39, 0.29) is 0 Å². The van der Waals surface area contributed by atoms with Gasteiger partial charge in [-0.2, -0.15) is 0 Å². The fourth-order valence-electron chi connectivity index (χ4n) is 1.10. The summed E-state index contributed by atoms with van der Waals surface area (Å²) < 4.78 is 6.27. The van der Waals surface area contributed by atoms with Crippen molar-refractivity contribution in [2.24, 2.45) is 0 Å². The molecule has 1 heterocycles. The van der Waals surface area contributed by atoms with Gasteiger partial charge in [-0.1, -0.05) is 28.7 Å². The molecule has 0 fully saturated rings. The lowest BCUT2D eigenvalue weighted by atomic mass is 10.2. The van der Waals surface area contributed by atoms with Crippen molar-refractivity contribution in [3.63, 3.8) is 0 Å². The van der Waals surface area contributed by atoms with Gasteiger partial charge in [0.25, 0.3) is 0 Å². The first-order valence-electron chi connectivity index (χ1n) is 3.42. The summed E-state index contributed by atoms with van der Waals surface area (Å²) >= 11 is 2.35. The summed E-state index contributed by atoms with van der Waals surface area (Å²) in [6.07, 6.45) is 1.72. The summed E-state index contributed by atoms with van der Waals surface area (Å²) in [5.41, 5.74) is 2.32. The van der Waals surface area contributed by atoms with E-state index < -0.39 is 0 Å². The van der Waals surface area contributed by atoms with Crippen molar-refractivity contribution in [3.8, 4) is 0 Å². The highest BCUT2D eigenvalue weighted by molar-refractivity contribution is 14.1. The Bertz CT molecular complexity index is 364. The summed E-state index contributed by atoms with van der Waals surface area (Å²) in [5.74, 6) is 0. The Labute approximate surface area is 78.5 Å². The minimum absolute atomic E-state index is 0.971. The summed E-state index contributed by atoms with van der Waals surface area (Å²) in [6.45, 7) is 0. The van der Waals surface area contributed by atoms with Gasteiger partial charge in [0.15, 0.2) is 0 Å². The van der Waals surface area contributed by atoms with Crippen LogP contribution in [0.15, 0.2) is 34.9 Å². The number of halogens is 1. The molecule has 2 heteroatoms. The van der Waals surface area contributed by atoms with Crippen molar-refractivity contribution < 1.29 is 4.42 Å². The van der Waals surface area contributed by atoms with Gasteiger partial charge in [-0.15, -0.1) is 0 Å². The molecular formula is C9H7IO. The number of alkyl halides is 1. The quantitative estimate of drug-likeness (QED) is 0.564. The topological polar surface area (TPSA) is 13.1 Å². The molecule has 0 aliphatic rings. The predicted molar refractivity (Wildman–Crippen MR) is 53.9 cm³/mol. The monoisotopic (exact) mass is 258 g/mol. The standard InChI is InChI=1S/C9H7IO/c10-6-7-1-2-9-8(5-7)3-4-11-9/h1-5H,6H2. The summed E-state index contributed by atoms with van der Waals surface area (Å²) in [7, 11) is 0. The molecule has 0 unspecified atom stereocenters. The number of hydrogen-bond donors (Lipinski definition) is 0. The lowest BCUT2D eigenvalue weighted by molar-refractivity contribution is 0.616. The van der Waals surface area contributed by atoms with Crippen molar-refractivity contribution in [1.82, 2.24) is 0 Å². The molecule has 0 amide bonds. The van der Waals surface area contributed by atoms with Crippen LogP contribution in [-0.4, -0.2) is 0 Å². The average Bonchev–Trinajstić information content (AvgIpc) is 2.50. The number of rotatable bonds is 1. The van der Waals surface area contributed by atoms with Gasteiger partial charge in [0.2, 0.25) is 0 Å². The largest absolute Gasteiger partial charge is 0.464 e. The molecule has 2 aromatic rings. The van der Waals surface area contributed by atoms with Crippen LogP contribution < -0.4 is 0 Å². The van der Waals surface area contributed by atoms with Gasteiger partial charge in [0, 0.05) is 9.81 Å². The highest BCUT2D eigenvalue weighted by Gasteiger charge is 1.96. The first kappa shape index (κ1) is 7.16. The summed E-state index contributed by atoms with van der Waals surface area (Å²) in [5, 5.41) is 1.19. The third kappa shape index (κ3) is 1.27. The zero-order chi connectivity index (χ0) is 7.68. The predicted octanol–water partition coefficient (Wildman–Crippen LogP) is 3.37. The van der Waals surface area contributed by atoms with Crippen molar-refractivity contribution in [3.05, 3.63) is 36.1 Å². The third-order valence-electron chi connectivity index (χ3n) is 1.67. The van der Waals surface area contributed by atoms with Gasteiger partial charge in [0.05, 0.1) is 6.26 Å². The molecule has 0 radical (unpaired) electrons. The lowest BCUT2D eigenvalue weighted by Gasteiger charge is -1.92. The second-order valence-electron chi connectivity index (χ2n) is 2.43. The fourth-order valence-corrected chi connectivity index (χ4v) is 1.57. The van der Waals surface area contributed by atoms with E-state index in [1.54, 1.807) is 6.26 Å². The molecule has 1 nitrogen and oxygen atoms in total. The molecule has 0 spiro atoms. The van der Waals surface area contributed by atoms with Crippen molar-refractivity contribution >= 4 is 33.6 Å². The molecule has 0 aliphatic heterocycles. The molecule has 0 N–H and O–H groups in total. The van der Waals surface area contributed by atoms with Crippen LogP contribution in [0.5, 0.6) is 0 Å². The molecule has 56 valence electrons. The first-order chi connectivity index (χ1) is 5.40. The Morgan fingerprint density at radius 1 is 1.27 bits per heavy atom. The van der Waals surface area contributed by atoms with E-state index in [4.69, 9.17) is 4.42 Å². The molecule has 11 heavy (non-hydrogen) atoms. The molecule has 2 rings (SSSR count).